The van der Waals surface area contributed by atoms with Gasteiger partial charge in [-0.2, -0.15) is 0 Å². The van der Waals surface area contributed by atoms with Crippen LogP contribution in [0.4, 0.5) is 0 Å². The van der Waals surface area contributed by atoms with E-state index in [0.717, 1.165) is 28.9 Å². The molecule has 1 aliphatic heterocycles. The molecular formula is C38H35N7O3. The number of pyridine rings is 1. The number of fused-ring (bicyclic) bond motifs is 4. The molecule has 0 atom stereocenters. The van der Waals surface area contributed by atoms with Gasteiger partial charge >= 0.3 is 0 Å². The lowest BCUT2D eigenvalue weighted by molar-refractivity contribution is -0.135. The SMILES string of the molecule is CCCC1(O)CC(c2ccc(-c3nc4ccc5nnc(CN(C)C)n5c4nc3-c3ccccc3)cc2)(N2C(=O)c3ccccc3C2=O)C1. The number of hydrogen-bond acceptors (Lipinski definition) is 8. The van der Waals surface area contributed by atoms with Crippen LogP contribution in [0.25, 0.3) is 39.3 Å². The molecular weight excluding hydrogens is 602 g/mol. The highest BCUT2D eigenvalue weighted by Gasteiger charge is 2.62. The molecule has 0 radical (unpaired) electrons. The van der Waals surface area contributed by atoms with E-state index in [1.54, 1.807) is 24.3 Å². The van der Waals surface area contributed by atoms with Gasteiger partial charge < -0.3 is 10.0 Å². The number of aliphatic hydroxyl groups is 1. The molecule has 3 aromatic carbocycles. The monoisotopic (exact) mass is 637 g/mol. The van der Waals surface area contributed by atoms with Crippen LogP contribution in [0.15, 0.2) is 91.0 Å². The minimum Gasteiger partial charge on any atom is -0.390 e. The number of carbonyl (C=O) groups excluding carboxylic acids is 2. The van der Waals surface area contributed by atoms with Gasteiger partial charge in [-0.1, -0.05) is 80.1 Å². The van der Waals surface area contributed by atoms with Gasteiger partial charge in [-0.15, -0.1) is 10.2 Å². The fourth-order valence-electron chi connectivity index (χ4n) is 7.61. The Morgan fingerprint density at radius 2 is 1.40 bits per heavy atom. The van der Waals surface area contributed by atoms with Gasteiger partial charge in [0.15, 0.2) is 17.1 Å². The van der Waals surface area contributed by atoms with Crippen LogP contribution < -0.4 is 0 Å². The quantitative estimate of drug-likeness (QED) is 0.206. The largest absolute Gasteiger partial charge is 0.390 e. The van der Waals surface area contributed by atoms with Crippen LogP contribution in [0.5, 0.6) is 0 Å². The van der Waals surface area contributed by atoms with Gasteiger partial charge in [0, 0.05) is 24.0 Å². The molecule has 2 aliphatic rings. The zero-order chi connectivity index (χ0) is 33.2. The smallest absolute Gasteiger partial charge is 0.262 e. The Morgan fingerprint density at radius 1 is 0.771 bits per heavy atom. The minimum absolute atomic E-state index is 0.286. The third-order valence-corrected chi connectivity index (χ3v) is 9.64. The zero-order valence-corrected chi connectivity index (χ0v) is 27.1. The summed E-state index contributed by atoms with van der Waals surface area (Å²) in [6.45, 7) is 2.62. The lowest BCUT2D eigenvalue weighted by atomic mass is 9.59. The maximum Gasteiger partial charge on any atom is 0.262 e. The second-order valence-electron chi connectivity index (χ2n) is 13.3. The number of imide groups is 1. The molecule has 6 aromatic rings. The van der Waals surface area contributed by atoms with E-state index in [4.69, 9.17) is 9.97 Å². The Morgan fingerprint density at radius 3 is 2.04 bits per heavy atom. The summed E-state index contributed by atoms with van der Waals surface area (Å²) in [5.41, 5.74) is 4.93. The van der Waals surface area contributed by atoms with Crippen LogP contribution in [0.1, 0.15) is 64.7 Å². The first-order chi connectivity index (χ1) is 23.2. The highest BCUT2D eigenvalue weighted by molar-refractivity contribution is 6.22. The lowest BCUT2D eigenvalue weighted by Crippen LogP contribution is -2.64. The average molecular weight is 638 g/mol. The minimum atomic E-state index is -0.962. The second kappa shape index (κ2) is 11.1. The van der Waals surface area contributed by atoms with Crippen molar-refractivity contribution in [3.63, 3.8) is 0 Å². The summed E-state index contributed by atoms with van der Waals surface area (Å²) in [5.74, 6) is 0.130. The second-order valence-corrected chi connectivity index (χ2v) is 13.3. The van der Waals surface area contributed by atoms with Crippen molar-refractivity contribution >= 4 is 28.6 Å². The lowest BCUT2D eigenvalue weighted by Gasteiger charge is -2.57. The van der Waals surface area contributed by atoms with Crippen molar-refractivity contribution in [2.45, 2.75) is 50.3 Å². The Kier molecular flexibility index (Phi) is 6.97. The van der Waals surface area contributed by atoms with E-state index in [1.807, 2.05) is 97.0 Å². The van der Waals surface area contributed by atoms with Gasteiger partial charge in [-0.05, 0) is 50.3 Å². The molecule has 1 fully saturated rings. The van der Waals surface area contributed by atoms with E-state index in [9.17, 15) is 14.7 Å². The van der Waals surface area contributed by atoms with Crippen LogP contribution in [-0.4, -0.2) is 71.0 Å². The summed E-state index contributed by atoms with van der Waals surface area (Å²) in [4.78, 5) is 41.3. The molecule has 8 rings (SSSR count). The maximum absolute atomic E-state index is 13.8. The molecule has 0 unspecified atom stereocenters. The van der Waals surface area contributed by atoms with Crippen molar-refractivity contribution in [3.05, 3.63) is 114 Å². The summed E-state index contributed by atoms with van der Waals surface area (Å²) in [7, 11) is 3.98. The normalized spacial score (nSPS) is 20.6. The molecule has 1 aliphatic carbocycles. The molecule has 10 nitrogen and oxygen atoms in total. The third-order valence-electron chi connectivity index (χ3n) is 9.64. The number of nitrogens with zero attached hydrogens (tertiary/aromatic N) is 7. The number of carbonyl (C=O) groups is 2. The number of aromatic nitrogens is 5. The Hall–Kier alpha value is -5.32. The molecule has 2 amide bonds. The predicted molar refractivity (Wildman–Crippen MR) is 182 cm³/mol. The standard InChI is InChI=1S/C38H35N7O3/c1-4-20-37(48)22-38(23-37,45-35(46)27-12-8-9-13-28(27)36(45)47)26-16-14-25(15-17-26)32-33(24-10-6-5-7-11-24)40-34-29(39-32)18-19-30-41-42-31(44(30)34)21-43(2)3/h5-19,48H,4,20-23H2,1-3H3. The predicted octanol–water partition coefficient (Wildman–Crippen LogP) is 5.88. The van der Waals surface area contributed by atoms with Gasteiger partial charge in [-0.25, -0.2) is 9.97 Å². The van der Waals surface area contributed by atoms with E-state index in [0.29, 0.717) is 52.3 Å². The molecule has 240 valence electrons. The fraction of sp³-hybridized carbons (Fsp3) is 0.263. The first-order valence-corrected chi connectivity index (χ1v) is 16.3. The number of rotatable bonds is 8. The molecule has 4 heterocycles. The maximum atomic E-state index is 13.8. The van der Waals surface area contributed by atoms with Gasteiger partial charge in [0.2, 0.25) is 0 Å². The van der Waals surface area contributed by atoms with E-state index in [1.165, 1.54) is 4.90 Å². The summed E-state index contributed by atoms with van der Waals surface area (Å²) < 4.78 is 1.96. The van der Waals surface area contributed by atoms with Gasteiger partial charge in [0.25, 0.3) is 11.8 Å². The van der Waals surface area contributed by atoms with E-state index in [-0.39, 0.29) is 24.7 Å². The summed E-state index contributed by atoms with van der Waals surface area (Å²) >= 11 is 0. The molecule has 1 N–H and O–H groups in total. The van der Waals surface area contributed by atoms with Gasteiger partial charge in [0.1, 0.15) is 5.52 Å². The summed E-state index contributed by atoms with van der Waals surface area (Å²) in [6, 6.07) is 28.6. The van der Waals surface area contributed by atoms with Crippen molar-refractivity contribution < 1.29 is 14.7 Å². The van der Waals surface area contributed by atoms with E-state index in [2.05, 4.69) is 10.2 Å². The van der Waals surface area contributed by atoms with Crippen LogP contribution in [-0.2, 0) is 12.1 Å². The Balaban J connectivity index is 1.25. The summed E-state index contributed by atoms with van der Waals surface area (Å²) in [6.07, 6.45) is 1.97. The molecule has 10 heteroatoms. The van der Waals surface area contributed by atoms with Crippen molar-refractivity contribution in [1.82, 2.24) is 34.4 Å². The highest BCUT2D eigenvalue weighted by Crippen LogP contribution is 2.56. The molecule has 3 aromatic heterocycles. The Bertz CT molecular complexity index is 2190. The van der Waals surface area contributed by atoms with Crippen LogP contribution in [0.3, 0.4) is 0 Å². The summed E-state index contributed by atoms with van der Waals surface area (Å²) in [5, 5.41) is 20.2. The van der Waals surface area contributed by atoms with Crippen LogP contribution in [0.2, 0.25) is 0 Å². The molecule has 1 saturated carbocycles. The van der Waals surface area contributed by atoms with Crippen LogP contribution >= 0.6 is 0 Å². The fourth-order valence-corrected chi connectivity index (χ4v) is 7.61. The molecule has 48 heavy (non-hydrogen) atoms. The highest BCUT2D eigenvalue weighted by atomic mass is 16.3. The first kappa shape index (κ1) is 30.0. The van der Waals surface area contributed by atoms with E-state index < -0.39 is 11.1 Å². The molecule has 0 spiro atoms. The van der Waals surface area contributed by atoms with Crippen molar-refractivity contribution in [2.24, 2.45) is 0 Å². The zero-order valence-electron chi connectivity index (χ0n) is 27.1. The third kappa shape index (κ3) is 4.63. The average Bonchev–Trinajstić information content (AvgIpc) is 3.60. The van der Waals surface area contributed by atoms with E-state index >= 15 is 0 Å². The topological polar surface area (TPSA) is 117 Å². The number of amides is 2. The first-order valence-electron chi connectivity index (χ1n) is 16.3. The van der Waals surface area contributed by atoms with Crippen molar-refractivity contribution in [3.8, 4) is 22.5 Å². The van der Waals surface area contributed by atoms with Crippen LogP contribution in [0, 0.1) is 0 Å². The molecule has 0 saturated heterocycles. The van der Waals surface area contributed by atoms with Gasteiger partial charge in [0.05, 0.1) is 40.2 Å². The number of hydrogen-bond donors (Lipinski definition) is 1. The van der Waals surface area contributed by atoms with Crippen molar-refractivity contribution in [2.75, 3.05) is 14.1 Å². The Labute approximate surface area is 277 Å². The molecule has 0 bridgehead atoms. The number of benzene rings is 3. The van der Waals surface area contributed by atoms with Crippen molar-refractivity contribution in [1.29, 1.82) is 0 Å². The van der Waals surface area contributed by atoms with Gasteiger partial charge in [-0.3, -0.25) is 18.9 Å².